The van der Waals surface area contributed by atoms with Gasteiger partial charge in [-0.05, 0) is 93.2 Å². The van der Waals surface area contributed by atoms with E-state index in [2.05, 4.69) is 55.7 Å². The SMILES string of the molecule is CC(C)CN1CCC2(CC1)CCN(Cc1ccc(C(=O)N(CCCCCN)CC(Cc3ncc[nH]3)Cc3ncc[nH]3)cc1)C2. The van der Waals surface area contributed by atoms with Gasteiger partial charge in [0.2, 0.25) is 0 Å². The lowest BCUT2D eigenvalue weighted by atomic mass is 9.77. The second-order valence-corrected chi connectivity index (χ2v) is 13.8. The molecule has 3 aromatic rings. The van der Waals surface area contributed by atoms with Crippen LogP contribution in [0, 0.1) is 17.3 Å². The van der Waals surface area contributed by atoms with Gasteiger partial charge >= 0.3 is 0 Å². The van der Waals surface area contributed by atoms with E-state index in [0.29, 0.717) is 18.5 Å². The first kappa shape index (κ1) is 32.4. The molecule has 44 heavy (non-hydrogen) atoms. The molecule has 0 saturated carbocycles. The standard InChI is InChI=1S/C35H54N8O/c1-28(2)24-41-19-10-35(11-20-41)12-21-42(27-35)25-29-6-8-31(9-7-29)34(44)43(18-5-3-4-13-36)26-30(22-32-37-14-15-38-32)23-33-39-16-17-40-33/h6-9,14-17,28,30H,3-5,10-13,18-27,36H2,1-2H3,(H,37,38)(H,39,40). The summed E-state index contributed by atoms with van der Waals surface area (Å²) in [4.78, 5) is 36.7. The first-order valence-electron chi connectivity index (χ1n) is 16.9. The Balaban J connectivity index is 1.20. The molecule has 2 saturated heterocycles. The monoisotopic (exact) mass is 602 g/mol. The number of carbonyl (C=O) groups excluding carboxylic acids is 1. The molecule has 2 aliphatic rings. The lowest BCUT2D eigenvalue weighted by molar-refractivity contribution is 0.0722. The van der Waals surface area contributed by atoms with Crippen LogP contribution in [0.4, 0.5) is 0 Å². The van der Waals surface area contributed by atoms with Crippen molar-refractivity contribution in [2.75, 3.05) is 52.4 Å². The molecule has 0 unspecified atom stereocenters. The van der Waals surface area contributed by atoms with Crippen LogP contribution >= 0.6 is 0 Å². The largest absolute Gasteiger partial charge is 0.349 e. The second kappa shape index (κ2) is 15.8. The number of nitrogens with one attached hydrogen (secondary N) is 2. The molecule has 0 atom stereocenters. The van der Waals surface area contributed by atoms with Gasteiger partial charge in [0.25, 0.3) is 5.91 Å². The minimum Gasteiger partial charge on any atom is -0.349 e. The van der Waals surface area contributed by atoms with E-state index in [1.165, 1.54) is 57.5 Å². The quantitative estimate of drug-likeness (QED) is 0.204. The number of aromatic amines is 2. The summed E-state index contributed by atoms with van der Waals surface area (Å²) in [7, 11) is 0. The van der Waals surface area contributed by atoms with E-state index >= 15 is 0 Å². The van der Waals surface area contributed by atoms with Crippen molar-refractivity contribution in [1.82, 2.24) is 34.6 Å². The third-order valence-electron chi connectivity index (χ3n) is 9.64. The maximum Gasteiger partial charge on any atom is 0.253 e. The van der Waals surface area contributed by atoms with E-state index in [-0.39, 0.29) is 11.8 Å². The Bertz CT molecular complexity index is 1200. The Morgan fingerprint density at radius 2 is 1.57 bits per heavy atom. The molecular weight excluding hydrogens is 548 g/mol. The van der Waals surface area contributed by atoms with Crippen molar-refractivity contribution in [3.05, 3.63) is 71.8 Å². The van der Waals surface area contributed by atoms with E-state index in [9.17, 15) is 4.79 Å². The summed E-state index contributed by atoms with van der Waals surface area (Å²) < 4.78 is 0. The van der Waals surface area contributed by atoms with E-state index in [1.807, 2.05) is 29.4 Å². The number of benzene rings is 1. The molecule has 1 spiro atoms. The number of likely N-dealkylation sites (tertiary alicyclic amines) is 2. The fourth-order valence-electron chi connectivity index (χ4n) is 7.27. The van der Waals surface area contributed by atoms with Crippen LogP contribution in [0.3, 0.4) is 0 Å². The van der Waals surface area contributed by atoms with Gasteiger partial charge in [0, 0.05) is 75.9 Å². The van der Waals surface area contributed by atoms with Gasteiger partial charge in [0.1, 0.15) is 11.6 Å². The second-order valence-electron chi connectivity index (χ2n) is 13.8. The molecular formula is C35H54N8O. The molecule has 4 N–H and O–H groups in total. The van der Waals surface area contributed by atoms with Crippen molar-refractivity contribution in [1.29, 1.82) is 0 Å². The van der Waals surface area contributed by atoms with E-state index in [4.69, 9.17) is 5.73 Å². The maximum atomic E-state index is 13.9. The fourth-order valence-corrected chi connectivity index (χ4v) is 7.27. The Labute approximate surface area is 264 Å². The fraction of sp³-hybridized carbons (Fsp3) is 0.629. The molecule has 0 aliphatic carbocycles. The number of carbonyl (C=O) groups is 1. The zero-order valence-corrected chi connectivity index (χ0v) is 27.0. The summed E-state index contributed by atoms with van der Waals surface area (Å²) in [5, 5.41) is 0. The molecule has 9 heteroatoms. The molecule has 2 fully saturated rings. The summed E-state index contributed by atoms with van der Waals surface area (Å²) in [6.07, 6.45) is 15.7. The minimum atomic E-state index is 0.0986. The van der Waals surface area contributed by atoms with Crippen LogP contribution in [0.1, 0.15) is 79.9 Å². The molecule has 0 bridgehead atoms. The number of rotatable bonds is 16. The Kier molecular flexibility index (Phi) is 11.6. The topological polar surface area (TPSA) is 110 Å². The van der Waals surface area contributed by atoms with Crippen molar-refractivity contribution in [3.8, 4) is 0 Å². The summed E-state index contributed by atoms with van der Waals surface area (Å²) in [5.41, 5.74) is 8.30. The highest BCUT2D eigenvalue weighted by molar-refractivity contribution is 5.94. The number of piperidine rings is 1. The highest BCUT2D eigenvalue weighted by atomic mass is 16.2. The van der Waals surface area contributed by atoms with Gasteiger partial charge in [-0.1, -0.05) is 32.4 Å². The average molecular weight is 603 g/mol. The van der Waals surface area contributed by atoms with Crippen molar-refractivity contribution in [3.63, 3.8) is 0 Å². The van der Waals surface area contributed by atoms with Crippen molar-refractivity contribution < 1.29 is 4.79 Å². The molecule has 2 aromatic heterocycles. The molecule has 240 valence electrons. The van der Waals surface area contributed by atoms with Crippen LogP contribution in [0.2, 0.25) is 0 Å². The van der Waals surface area contributed by atoms with Gasteiger partial charge in [-0.3, -0.25) is 9.69 Å². The average Bonchev–Trinajstić information content (AvgIpc) is 3.80. The number of amides is 1. The van der Waals surface area contributed by atoms with Gasteiger partial charge < -0.3 is 25.5 Å². The van der Waals surface area contributed by atoms with Crippen LogP contribution in [0.15, 0.2) is 49.1 Å². The summed E-state index contributed by atoms with van der Waals surface area (Å²) in [5.74, 6) is 2.90. The van der Waals surface area contributed by atoms with Crippen LogP contribution in [0.5, 0.6) is 0 Å². The Hall–Kier alpha value is -3.01. The van der Waals surface area contributed by atoms with E-state index in [0.717, 1.165) is 68.3 Å². The van der Waals surface area contributed by atoms with Gasteiger partial charge in [-0.2, -0.15) is 0 Å². The highest BCUT2D eigenvalue weighted by Crippen LogP contribution is 2.41. The van der Waals surface area contributed by atoms with Crippen LogP contribution < -0.4 is 5.73 Å². The van der Waals surface area contributed by atoms with Gasteiger partial charge in [-0.25, -0.2) is 9.97 Å². The third-order valence-corrected chi connectivity index (χ3v) is 9.64. The summed E-state index contributed by atoms with van der Waals surface area (Å²) in [6, 6.07) is 8.40. The predicted molar refractivity (Wildman–Crippen MR) is 176 cm³/mol. The predicted octanol–water partition coefficient (Wildman–Crippen LogP) is 4.75. The zero-order chi connectivity index (χ0) is 30.8. The maximum absolute atomic E-state index is 13.9. The van der Waals surface area contributed by atoms with E-state index in [1.54, 1.807) is 12.4 Å². The number of aromatic nitrogens is 4. The molecule has 5 rings (SSSR count). The molecule has 0 radical (unpaired) electrons. The number of unbranched alkanes of at least 4 members (excludes halogenated alkanes) is 2. The zero-order valence-electron chi connectivity index (χ0n) is 27.0. The third kappa shape index (κ3) is 9.25. The molecule has 9 nitrogen and oxygen atoms in total. The first-order valence-corrected chi connectivity index (χ1v) is 16.9. The number of nitrogens with zero attached hydrogens (tertiary/aromatic N) is 5. The Morgan fingerprint density at radius 1 is 0.932 bits per heavy atom. The van der Waals surface area contributed by atoms with Crippen LogP contribution in [-0.2, 0) is 19.4 Å². The van der Waals surface area contributed by atoms with Crippen LogP contribution in [0.25, 0.3) is 0 Å². The molecule has 1 aromatic carbocycles. The molecule has 4 heterocycles. The molecule has 1 amide bonds. The Morgan fingerprint density at radius 3 is 2.14 bits per heavy atom. The number of hydrogen-bond acceptors (Lipinski definition) is 6. The van der Waals surface area contributed by atoms with Crippen LogP contribution in [-0.4, -0.2) is 92.9 Å². The lowest BCUT2D eigenvalue weighted by Crippen LogP contribution is -2.42. The first-order chi connectivity index (χ1) is 21.4. The van der Waals surface area contributed by atoms with Crippen molar-refractivity contribution >= 4 is 5.91 Å². The van der Waals surface area contributed by atoms with Gasteiger partial charge in [0.05, 0.1) is 0 Å². The number of nitrogens with two attached hydrogens (primary N) is 1. The summed E-state index contributed by atoms with van der Waals surface area (Å²) >= 11 is 0. The van der Waals surface area contributed by atoms with Gasteiger partial charge in [-0.15, -0.1) is 0 Å². The number of imidazole rings is 2. The van der Waals surface area contributed by atoms with Crippen molar-refractivity contribution in [2.24, 2.45) is 23.0 Å². The lowest BCUT2D eigenvalue weighted by Gasteiger charge is -2.40. The number of H-pyrrole nitrogens is 2. The normalized spacial score (nSPS) is 17.3. The molecule has 2 aliphatic heterocycles. The number of hydrogen-bond donors (Lipinski definition) is 3. The van der Waals surface area contributed by atoms with E-state index < -0.39 is 0 Å². The van der Waals surface area contributed by atoms with Crippen molar-refractivity contribution in [2.45, 2.75) is 71.8 Å². The smallest absolute Gasteiger partial charge is 0.253 e. The highest BCUT2D eigenvalue weighted by Gasteiger charge is 2.40. The minimum absolute atomic E-state index is 0.0986. The summed E-state index contributed by atoms with van der Waals surface area (Å²) in [6.45, 7) is 13.8. The van der Waals surface area contributed by atoms with Gasteiger partial charge in [0.15, 0.2) is 0 Å².